The third-order valence-corrected chi connectivity index (χ3v) is 0.440. The van der Waals surface area contributed by atoms with E-state index < -0.39 is 0 Å². The first-order valence-corrected chi connectivity index (χ1v) is 2.68. The molecule has 3 nitrogen and oxygen atoms in total. The number of aliphatic hydroxyl groups excluding tert-OH is 1. The van der Waals surface area contributed by atoms with Crippen LogP contribution in [-0.2, 0) is 4.74 Å². The Labute approximate surface area is 50.5 Å². The fourth-order valence-electron chi connectivity index (χ4n) is 0.209. The standard InChI is InChI=1S/C4H10O2.CH5N/c1-2-6-4-3-5;1-2/h5H,2-4H2,1H3;2H2,1H3. The second-order valence-electron chi connectivity index (χ2n) is 0.921. The lowest BCUT2D eigenvalue weighted by molar-refractivity contribution is 0.102. The van der Waals surface area contributed by atoms with Crippen molar-refractivity contribution in [3.63, 3.8) is 0 Å². The molecule has 3 N–H and O–H groups in total. The summed E-state index contributed by atoms with van der Waals surface area (Å²) in [5, 5.41) is 8.07. The van der Waals surface area contributed by atoms with Gasteiger partial charge in [0, 0.05) is 6.61 Å². The molecular weight excluding hydrogens is 106 g/mol. The van der Waals surface area contributed by atoms with Crippen molar-refractivity contribution in [1.29, 1.82) is 0 Å². The Kier molecular flexibility index (Phi) is 21.3. The lowest BCUT2D eigenvalue weighted by Crippen LogP contribution is -1.96. The Hall–Kier alpha value is -0.120. The molecule has 0 heterocycles. The third-order valence-electron chi connectivity index (χ3n) is 0.440. The highest BCUT2D eigenvalue weighted by Crippen LogP contribution is 1.66. The Morgan fingerprint density at radius 1 is 1.50 bits per heavy atom. The lowest BCUT2D eigenvalue weighted by Gasteiger charge is -1.91. The zero-order chi connectivity index (χ0) is 6.83. The van der Waals surface area contributed by atoms with Gasteiger partial charge in [-0.05, 0) is 14.0 Å². The minimum Gasteiger partial charge on any atom is -0.394 e. The van der Waals surface area contributed by atoms with E-state index in [9.17, 15) is 0 Å². The van der Waals surface area contributed by atoms with Crippen LogP contribution in [0.1, 0.15) is 6.92 Å². The van der Waals surface area contributed by atoms with E-state index in [2.05, 4.69) is 5.73 Å². The molecule has 0 aromatic rings. The van der Waals surface area contributed by atoms with Crippen LogP contribution < -0.4 is 5.73 Å². The molecule has 3 heteroatoms. The first-order valence-electron chi connectivity index (χ1n) is 2.68. The van der Waals surface area contributed by atoms with E-state index in [4.69, 9.17) is 9.84 Å². The molecule has 8 heavy (non-hydrogen) atoms. The molecule has 0 saturated heterocycles. The van der Waals surface area contributed by atoms with Crippen LogP contribution >= 0.6 is 0 Å². The SMILES string of the molecule is CCOCCO.CN. The van der Waals surface area contributed by atoms with Gasteiger partial charge in [-0.3, -0.25) is 0 Å². The minimum atomic E-state index is 0.133. The van der Waals surface area contributed by atoms with E-state index in [1.807, 2.05) is 6.92 Å². The molecule has 0 atom stereocenters. The molecule has 0 rings (SSSR count). The molecular formula is C5H15NO2. The van der Waals surface area contributed by atoms with Crippen LogP contribution in [0, 0.1) is 0 Å². The van der Waals surface area contributed by atoms with Crippen LogP contribution in [0.4, 0.5) is 0 Å². The Balaban J connectivity index is 0. The van der Waals surface area contributed by atoms with E-state index in [1.165, 1.54) is 7.05 Å². The summed E-state index contributed by atoms with van der Waals surface area (Å²) in [7, 11) is 1.50. The molecule has 0 aromatic heterocycles. The van der Waals surface area contributed by atoms with E-state index in [0.717, 1.165) is 0 Å². The molecule has 0 fully saturated rings. The van der Waals surface area contributed by atoms with Gasteiger partial charge in [0.05, 0.1) is 13.2 Å². The van der Waals surface area contributed by atoms with E-state index in [-0.39, 0.29) is 6.61 Å². The maximum Gasteiger partial charge on any atom is 0.0697 e. The highest BCUT2D eigenvalue weighted by Gasteiger charge is 1.73. The van der Waals surface area contributed by atoms with Gasteiger partial charge in [-0.2, -0.15) is 0 Å². The monoisotopic (exact) mass is 121 g/mol. The summed E-state index contributed by atoms with van der Waals surface area (Å²) < 4.78 is 4.73. The predicted octanol–water partition coefficient (Wildman–Crippen LogP) is -0.410. The third kappa shape index (κ3) is 16.9. The van der Waals surface area contributed by atoms with Gasteiger partial charge in [-0.25, -0.2) is 0 Å². The Morgan fingerprint density at radius 3 is 2.12 bits per heavy atom. The molecule has 0 aliphatic rings. The van der Waals surface area contributed by atoms with Crippen LogP contribution in [0.25, 0.3) is 0 Å². The van der Waals surface area contributed by atoms with Crippen LogP contribution in [0.15, 0.2) is 0 Å². The fourth-order valence-corrected chi connectivity index (χ4v) is 0.209. The number of nitrogens with two attached hydrogens (primary N) is 1. The van der Waals surface area contributed by atoms with Crippen LogP contribution in [0.5, 0.6) is 0 Å². The molecule has 0 unspecified atom stereocenters. The summed E-state index contributed by atoms with van der Waals surface area (Å²) >= 11 is 0. The lowest BCUT2D eigenvalue weighted by atomic mass is 10.8. The van der Waals surface area contributed by atoms with E-state index >= 15 is 0 Å². The molecule has 0 aromatic carbocycles. The number of rotatable bonds is 3. The first kappa shape index (κ1) is 10.8. The van der Waals surface area contributed by atoms with Gasteiger partial charge in [0.15, 0.2) is 0 Å². The van der Waals surface area contributed by atoms with Crippen molar-refractivity contribution in [2.45, 2.75) is 6.92 Å². The molecule has 0 amide bonds. The van der Waals surface area contributed by atoms with Crippen molar-refractivity contribution in [3.05, 3.63) is 0 Å². The van der Waals surface area contributed by atoms with Crippen LogP contribution in [0.3, 0.4) is 0 Å². The topological polar surface area (TPSA) is 55.5 Å². The second-order valence-corrected chi connectivity index (χ2v) is 0.921. The molecule has 52 valence electrons. The van der Waals surface area contributed by atoms with Crippen molar-refractivity contribution < 1.29 is 9.84 Å². The van der Waals surface area contributed by atoms with E-state index in [1.54, 1.807) is 0 Å². The number of hydrogen-bond acceptors (Lipinski definition) is 3. The molecule has 0 spiro atoms. The summed E-state index contributed by atoms with van der Waals surface area (Å²) in [6.07, 6.45) is 0. The Bertz CT molecular complexity index is 22.4. The van der Waals surface area contributed by atoms with Crippen molar-refractivity contribution >= 4 is 0 Å². The van der Waals surface area contributed by atoms with Crippen molar-refractivity contribution in [3.8, 4) is 0 Å². The van der Waals surface area contributed by atoms with Gasteiger partial charge in [0.25, 0.3) is 0 Å². The predicted molar refractivity (Wildman–Crippen MR) is 33.7 cm³/mol. The first-order chi connectivity index (χ1) is 3.91. The summed E-state index contributed by atoms with van der Waals surface area (Å²) in [4.78, 5) is 0. The van der Waals surface area contributed by atoms with E-state index in [0.29, 0.717) is 13.2 Å². The molecule has 0 saturated carbocycles. The molecule has 0 bridgehead atoms. The average molecular weight is 121 g/mol. The smallest absolute Gasteiger partial charge is 0.0697 e. The maximum atomic E-state index is 8.07. The number of ether oxygens (including phenoxy) is 1. The highest BCUT2D eigenvalue weighted by atomic mass is 16.5. The maximum absolute atomic E-state index is 8.07. The van der Waals surface area contributed by atoms with Gasteiger partial charge in [0.2, 0.25) is 0 Å². The van der Waals surface area contributed by atoms with Crippen LogP contribution in [-0.4, -0.2) is 32.0 Å². The Morgan fingerprint density at radius 2 is 2.00 bits per heavy atom. The van der Waals surface area contributed by atoms with Crippen molar-refractivity contribution in [2.75, 3.05) is 26.9 Å². The summed E-state index contributed by atoms with van der Waals surface area (Å²) in [5.41, 5.74) is 4.50. The summed E-state index contributed by atoms with van der Waals surface area (Å²) in [6.45, 7) is 3.20. The van der Waals surface area contributed by atoms with Gasteiger partial charge in [-0.15, -0.1) is 0 Å². The zero-order valence-corrected chi connectivity index (χ0v) is 5.55. The fraction of sp³-hybridized carbons (Fsp3) is 1.00. The van der Waals surface area contributed by atoms with Gasteiger partial charge >= 0.3 is 0 Å². The number of aliphatic hydroxyl groups is 1. The second kappa shape index (κ2) is 15.8. The quantitative estimate of drug-likeness (QED) is 0.499. The zero-order valence-electron chi connectivity index (χ0n) is 5.55. The normalized spacial score (nSPS) is 7.50. The average Bonchev–Trinajstić information content (AvgIpc) is 1.88. The molecule has 0 aliphatic heterocycles. The van der Waals surface area contributed by atoms with Crippen LogP contribution in [0.2, 0.25) is 0 Å². The van der Waals surface area contributed by atoms with Crippen molar-refractivity contribution in [1.82, 2.24) is 0 Å². The largest absolute Gasteiger partial charge is 0.394 e. The van der Waals surface area contributed by atoms with Gasteiger partial charge < -0.3 is 15.6 Å². The highest BCUT2D eigenvalue weighted by molar-refractivity contribution is 4.18. The summed E-state index contributed by atoms with van der Waals surface area (Å²) in [5.74, 6) is 0. The number of hydrogen-bond donors (Lipinski definition) is 2. The summed E-state index contributed by atoms with van der Waals surface area (Å²) in [6, 6.07) is 0. The molecule has 0 aliphatic carbocycles. The van der Waals surface area contributed by atoms with Gasteiger partial charge in [0.1, 0.15) is 0 Å². The molecule has 0 radical (unpaired) electrons. The van der Waals surface area contributed by atoms with Gasteiger partial charge in [-0.1, -0.05) is 0 Å². The van der Waals surface area contributed by atoms with Crippen molar-refractivity contribution in [2.24, 2.45) is 5.73 Å². The minimum absolute atomic E-state index is 0.133.